The van der Waals surface area contributed by atoms with Gasteiger partial charge in [-0.3, -0.25) is 0 Å². The number of benzene rings is 1. The summed E-state index contributed by atoms with van der Waals surface area (Å²) in [5.41, 5.74) is 1.99. The van der Waals surface area contributed by atoms with Gasteiger partial charge >= 0.3 is 6.02 Å². The number of amidine groups is 1. The third-order valence-corrected chi connectivity index (χ3v) is 2.60. The lowest BCUT2D eigenvalue weighted by molar-refractivity contribution is 0.398. The van der Waals surface area contributed by atoms with E-state index < -0.39 is 0 Å². The summed E-state index contributed by atoms with van der Waals surface area (Å²) in [6.07, 6.45) is 0.691. The van der Waals surface area contributed by atoms with E-state index in [1.165, 1.54) is 0 Å². The number of halogens is 2. The summed E-state index contributed by atoms with van der Waals surface area (Å²) in [4.78, 5) is 8.32. The molecule has 5 heteroatoms. The highest BCUT2D eigenvalue weighted by Gasteiger charge is 2.11. The van der Waals surface area contributed by atoms with Crippen LogP contribution in [0, 0.1) is 0 Å². The maximum absolute atomic E-state index is 5.91. The molecule has 1 heterocycles. The first-order valence-electron chi connectivity index (χ1n) is 4.77. The SMILES string of the molecule is COC1=NCC(Cc2cc(Cl)cc(Cl)c2)=N1. The fraction of sp³-hybridized carbons (Fsp3) is 0.273. The van der Waals surface area contributed by atoms with Crippen molar-refractivity contribution in [3.8, 4) is 0 Å². The van der Waals surface area contributed by atoms with Crippen LogP contribution in [-0.2, 0) is 11.2 Å². The second-order valence-corrected chi connectivity index (χ2v) is 4.31. The second-order valence-electron chi connectivity index (χ2n) is 3.44. The predicted molar refractivity (Wildman–Crippen MR) is 66.9 cm³/mol. The first-order chi connectivity index (χ1) is 7.67. The summed E-state index contributed by atoms with van der Waals surface area (Å²) in [5, 5.41) is 1.27. The Kier molecular flexibility index (Phi) is 3.46. The van der Waals surface area contributed by atoms with E-state index in [4.69, 9.17) is 27.9 Å². The zero-order valence-electron chi connectivity index (χ0n) is 8.70. The highest BCUT2D eigenvalue weighted by Crippen LogP contribution is 2.20. The van der Waals surface area contributed by atoms with Crippen molar-refractivity contribution in [2.45, 2.75) is 6.42 Å². The smallest absolute Gasteiger partial charge is 0.311 e. The van der Waals surface area contributed by atoms with Gasteiger partial charge in [0.25, 0.3) is 0 Å². The number of methoxy groups -OCH3 is 1. The number of aliphatic imine (C=N–C) groups is 2. The van der Waals surface area contributed by atoms with Gasteiger partial charge in [0.2, 0.25) is 0 Å². The first-order valence-corrected chi connectivity index (χ1v) is 5.53. The molecule has 16 heavy (non-hydrogen) atoms. The van der Waals surface area contributed by atoms with Crippen molar-refractivity contribution in [3.05, 3.63) is 33.8 Å². The van der Waals surface area contributed by atoms with Gasteiger partial charge in [-0.25, -0.2) is 9.98 Å². The predicted octanol–water partition coefficient (Wildman–Crippen LogP) is 2.99. The van der Waals surface area contributed by atoms with Gasteiger partial charge in [0.05, 0.1) is 13.7 Å². The summed E-state index contributed by atoms with van der Waals surface area (Å²) in [7, 11) is 1.56. The number of hydrogen-bond acceptors (Lipinski definition) is 3. The minimum Gasteiger partial charge on any atom is -0.467 e. The molecule has 0 fully saturated rings. The minimum atomic E-state index is 0.433. The van der Waals surface area contributed by atoms with Crippen molar-refractivity contribution >= 4 is 34.9 Å². The fourth-order valence-electron chi connectivity index (χ4n) is 1.52. The lowest BCUT2D eigenvalue weighted by Crippen LogP contribution is -2.04. The van der Waals surface area contributed by atoms with Crippen LogP contribution in [0.2, 0.25) is 10.0 Å². The Morgan fingerprint density at radius 2 is 1.94 bits per heavy atom. The lowest BCUT2D eigenvalue weighted by atomic mass is 10.1. The molecule has 0 bridgehead atoms. The van der Waals surface area contributed by atoms with E-state index in [1.807, 2.05) is 12.1 Å². The summed E-state index contributed by atoms with van der Waals surface area (Å²) < 4.78 is 4.94. The third kappa shape index (κ3) is 2.74. The molecule has 1 aromatic rings. The maximum atomic E-state index is 5.91. The largest absolute Gasteiger partial charge is 0.467 e. The second kappa shape index (κ2) is 4.85. The van der Waals surface area contributed by atoms with Gasteiger partial charge in [0.1, 0.15) is 0 Å². The molecular formula is C11H10Cl2N2O. The summed E-state index contributed by atoms with van der Waals surface area (Å²) in [6, 6.07) is 5.89. The van der Waals surface area contributed by atoms with E-state index >= 15 is 0 Å². The molecule has 2 rings (SSSR count). The molecule has 0 N–H and O–H groups in total. The Labute approximate surface area is 104 Å². The normalized spacial score (nSPS) is 14.7. The molecule has 0 aromatic heterocycles. The van der Waals surface area contributed by atoms with Gasteiger partial charge in [-0.05, 0) is 23.8 Å². The van der Waals surface area contributed by atoms with Gasteiger partial charge in [-0.1, -0.05) is 23.2 Å². The van der Waals surface area contributed by atoms with Crippen LogP contribution in [0.1, 0.15) is 5.56 Å². The third-order valence-electron chi connectivity index (χ3n) is 2.16. The first kappa shape index (κ1) is 11.4. The van der Waals surface area contributed by atoms with Crippen molar-refractivity contribution in [2.24, 2.45) is 9.98 Å². The Morgan fingerprint density at radius 3 is 2.50 bits per heavy atom. The van der Waals surface area contributed by atoms with Crippen LogP contribution in [0.15, 0.2) is 28.2 Å². The Morgan fingerprint density at radius 1 is 1.25 bits per heavy atom. The number of nitrogens with zero attached hydrogens (tertiary/aromatic N) is 2. The van der Waals surface area contributed by atoms with Crippen LogP contribution in [0.3, 0.4) is 0 Å². The van der Waals surface area contributed by atoms with Crippen LogP contribution in [0.4, 0.5) is 0 Å². The highest BCUT2D eigenvalue weighted by molar-refractivity contribution is 6.34. The molecule has 84 valence electrons. The molecule has 3 nitrogen and oxygen atoms in total. The van der Waals surface area contributed by atoms with Gasteiger partial charge in [-0.15, -0.1) is 0 Å². The molecule has 0 atom stereocenters. The van der Waals surface area contributed by atoms with Crippen LogP contribution in [-0.4, -0.2) is 25.4 Å². The average molecular weight is 257 g/mol. The van der Waals surface area contributed by atoms with Crippen LogP contribution < -0.4 is 0 Å². The van der Waals surface area contributed by atoms with Crippen molar-refractivity contribution in [2.75, 3.05) is 13.7 Å². The molecule has 1 aliphatic heterocycles. The molecule has 1 aliphatic rings. The van der Waals surface area contributed by atoms with Gasteiger partial charge in [0, 0.05) is 22.2 Å². The zero-order chi connectivity index (χ0) is 11.5. The van der Waals surface area contributed by atoms with Crippen molar-refractivity contribution in [3.63, 3.8) is 0 Å². The molecular weight excluding hydrogens is 247 g/mol. The van der Waals surface area contributed by atoms with E-state index in [2.05, 4.69) is 9.98 Å². The van der Waals surface area contributed by atoms with Gasteiger partial charge in [0.15, 0.2) is 0 Å². The number of rotatable bonds is 2. The topological polar surface area (TPSA) is 34.0 Å². The minimum absolute atomic E-state index is 0.433. The van der Waals surface area contributed by atoms with E-state index in [0.717, 1.165) is 11.3 Å². The molecule has 0 amide bonds. The quantitative estimate of drug-likeness (QED) is 0.801. The van der Waals surface area contributed by atoms with E-state index in [-0.39, 0.29) is 0 Å². The molecule has 1 aromatic carbocycles. The van der Waals surface area contributed by atoms with Crippen LogP contribution in [0.25, 0.3) is 0 Å². The standard InChI is InChI=1S/C11H10Cl2N2O/c1-16-11-14-6-10(15-11)4-7-2-8(12)5-9(13)3-7/h2-3,5H,4,6H2,1H3. The summed E-state index contributed by atoms with van der Waals surface area (Å²) >= 11 is 11.8. The van der Waals surface area contributed by atoms with Gasteiger partial charge in [-0.2, -0.15) is 0 Å². The number of hydrogen-bond donors (Lipinski definition) is 0. The van der Waals surface area contributed by atoms with E-state index in [9.17, 15) is 0 Å². The molecule has 0 saturated heterocycles. The summed E-state index contributed by atoms with van der Waals surface area (Å²) in [6.45, 7) is 0.577. The molecule has 0 saturated carbocycles. The average Bonchev–Trinajstić information content (AvgIpc) is 2.64. The summed E-state index contributed by atoms with van der Waals surface area (Å²) in [5.74, 6) is 0. The molecule has 0 spiro atoms. The maximum Gasteiger partial charge on any atom is 0.311 e. The van der Waals surface area contributed by atoms with E-state index in [1.54, 1.807) is 13.2 Å². The Hall–Kier alpha value is -1.06. The van der Waals surface area contributed by atoms with Crippen molar-refractivity contribution in [1.29, 1.82) is 0 Å². The van der Waals surface area contributed by atoms with Crippen LogP contribution >= 0.6 is 23.2 Å². The Balaban J connectivity index is 2.11. The highest BCUT2D eigenvalue weighted by atomic mass is 35.5. The fourth-order valence-corrected chi connectivity index (χ4v) is 2.09. The van der Waals surface area contributed by atoms with Crippen molar-refractivity contribution in [1.82, 2.24) is 0 Å². The molecule has 0 radical (unpaired) electrons. The van der Waals surface area contributed by atoms with Gasteiger partial charge < -0.3 is 4.74 Å². The number of ether oxygens (including phenoxy) is 1. The lowest BCUT2D eigenvalue weighted by Gasteiger charge is -2.02. The van der Waals surface area contributed by atoms with E-state index in [0.29, 0.717) is 29.0 Å². The van der Waals surface area contributed by atoms with Crippen LogP contribution in [0.5, 0.6) is 0 Å². The van der Waals surface area contributed by atoms with Crippen molar-refractivity contribution < 1.29 is 4.74 Å². The zero-order valence-corrected chi connectivity index (χ0v) is 10.2. The Bertz CT molecular complexity index is 449. The molecule has 0 aliphatic carbocycles. The molecule has 0 unspecified atom stereocenters. The monoisotopic (exact) mass is 256 g/mol.